The highest BCUT2D eigenvalue weighted by Crippen LogP contribution is 2.64. The van der Waals surface area contributed by atoms with E-state index in [1.807, 2.05) is 6.08 Å². The van der Waals surface area contributed by atoms with Crippen LogP contribution in [0.4, 0.5) is 0 Å². The quantitative estimate of drug-likeness (QED) is 0.0340. The summed E-state index contributed by atoms with van der Waals surface area (Å²) < 4.78 is 6.77. The molecule has 2 aliphatic carbocycles. The lowest BCUT2D eigenvalue weighted by molar-refractivity contribution is -0.134. The van der Waals surface area contributed by atoms with E-state index in [1.54, 1.807) is 0 Å². The fraction of sp³-hybridized carbons (Fsp3) is 0.783. The lowest BCUT2D eigenvalue weighted by atomic mass is 9.45. The Labute approximate surface area is 410 Å². The molecule has 0 aromatic rings. The summed E-state index contributed by atoms with van der Waals surface area (Å²) in [5.74, 6) is 2.73. The molecule has 0 aromatic heterocycles. The summed E-state index contributed by atoms with van der Waals surface area (Å²) in [4.78, 5) is 16.0. The van der Waals surface area contributed by atoms with Gasteiger partial charge in [-0.25, -0.2) is 0 Å². The molecule has 65 heavy (non-hydrogen) atoms. The second kappa shape index (κ2) is 25.5. The predicted molar refractivity (Wildman–Crippen MR) is 290 cm³/mol. The maximum absolute atomic E-state index is 13.8. The van der Waals surface area contributed by atoms with E-state index in [0.717, 1.165) is 101 Å². The molecule has 2 aliphatic rings. The van der Waals surface area contributed by atoms with Gasteiger partial charge in [0.2, 0.25) is 5.91 Å². The molecule has 5 heteroatoms. The van der Waals surface area contributed by atoms with Crippen molar-refractivity contribution in [2.75, 3.05) is 13.2 Å². The molecule has 2 saturated carbocycles. The Hall–Kier alpha value is -2.14. The SMILES string of the molecule is C=CCCC(=O)N(CCCOC(=C)C(C)(CC(C)(C)C(C)(C)C(C)(CC(C)(C)C)C(=C)CCCCC(=C)C(C)S)C(C)(C)C)C1CCC(CC2CCC(NC(=C)CCC(=C)C)CC2)CC1. The molecule has 0 saturated heterocycles. The van der Waals surface area contributed by atoms with Crippen molar-refractivity contribution in [3.63, 3.8) is 0 Å². The zero-order valence-corrected chi connectivity index (χ0v) is 46.4. The van der Waals surface area contributed by atoms with Crippen LogP contribution in [0.5, 0.6) is 0 Å². The van der Waals surface area contributed by atoms with Gasteiger partial charge in [-0.05, 0) is 175 Å². The highest BCUT2D eigenvalue weighted by molar-refractivity contribution is 7.81. The van der Waals surface area contributed by atoms with Crippen molar-refractivity contribution in [1.29, 1.82) is 0 Å². The van der Waals surface area contributed by atoms with Crippen LogP contribution in [0.3, 0.4) is 0 Å². The van der Waals surface area contributed by atoms with E-state index in [1.165, 1.54) is 67.4 Å². The molecule has 1 N–H and O–H groups in total. The minimum Gasteiger partial charge on any atom is -0.498 e. The number of nitrogens with zero attached hydrogens (tertiary/aromatic N) is 1. The smallest absolute Gasteiger partial charge is 0.223 e. The molecule has 0 spiro atoms. The summed E-state index contributed by atoms with van der Waals surface area (Å²) in [6.45, 7) is 60.6. The maximum atomic E-state index is 13.8. The average molecular weight is 920 g/mol. The molecule has 0 radical (unpaired) electrons. The van der Waals surface area contributed by atoms with E-state index in [9.17, 15) is 4.79 Å². The van der Waals surface area contributed by atoms with Crippen LogP contribution in [0.2, 0.25) is 0 Å². The van der Waals surface area contributed by atoms with Gasteiger partial charge in [0.25, 0.3) is 0 Å². The number of rotatable bonds is 29. The first-order valence-corrected chi connectivity index (χ1v) is 26.8. The number of thiol groups is 1. The van der Waals surface area contributed by atoms with E-state index in [2.05, 4.69) is 146 Å². The summed E-state index contributed by atoms with van der Waals surface area (Å²) in [7, 11) is 0. The van der Waals surface area contributed by atoms with E-state index in [4.69, 9.17) is 17.9 Å². The van der Waals surface area contributed by atoms with Crippen LogP contribution < -0.4 is 5.32 Å². The number of amides is 1. The topological polar surface area (TPSA) is 41.6 Å². The fourth-order valence-corrected chi connectivity index (χ4v) is 11.7. The van der Waals surface area contributed by atoms with Crippen molar-refractivity contribution in [1.82, 2.24) is 10.2 Å². The van der Waals surface area contributed by atoms with Crippen LogP contribution in [0.1, 0.15) is 225 Å². The van der Waals surface area contributed by atoms with Crippen LogP contribution in [0, 0.1) is 44.3 Å². The number of allylic oxidation sites excluding steroid dienone is 5. The van der Waals surface area contributed by atoms with Gasteiger partial charge in [0, 0.05) is 41.4 Å². The Kier molecular flexibility index (Phi) is 23.1. The Morgan fingerprint density at radius 3 is 1.80 bits per heavy atom. The van der Waals surface area contributed by atoms with Crippen molar-refractivity contribution in [2.45, 2.75) is 243 Å². The molecule has 2 fully saturated rings. The fourth-order valence-electron chi connectivity index (χ4n) is 11.6. The zero-order valence-electron chi connectivity index (χ0n) is 45.5. The second-order valence-corrected chi connectivity index (χ2v) is 26.1. The van der Waals surface area contributed by atoms with E-state index < -0.39 is 0 Å². The largest absolute Gasteiger partial charge is 0.498 e. The van der Waals surface area contributed by atoms with E-state index in [0.29, 0.717) is 25.1 Å². The molecule has 3 atom stereocenters. The molecule has 3 unspecified atom stereocenters. The van der Waals surface area contributed by atoms with E-state index >= 15 is 0 Å². The first-order valence-electron chi connectivity index (χ1n) is 26.3. The van der Waals surface area contributed by atoms with Crippen molar-refractivity contribution in [3.8, 4) is 0 Å². The first kappa shape index (κ1) is 59.0. The van der Waals surface area contributed by atoms with Gasteiger partial charge < -0.3 is 15.0 Å². The number of hydrogen-bond donors (Lipinski definition) is 2. The first-order chi connectivity index (χ1) is 29.9. The van der Waals surface area contributed by atoms with Crippen LogP contribution in [-0.2, 0) is 9.53 Å². The monoisotopic (exact) mass is 919 g/mol. The molecule has 1 amide bonds. The summed E-state index contributed by atoms with van der Waals surface area (Å²) in [6.07, 6.45) is 23.4. The normalized spacial score (nSPS) is 22.1. The Morgan fingerprint density at radius 1 is 0.738 bits per heavy atom. The standard InChI is InChI=1S/C60H106N2O2S/c1-21-22-28-54(63)62(53-37-33-51(34-38-53)41-50-31-35-52(36-32-50)61-47(6)30-29-44(2)3)39-25-40-64-49(8)60(20,56(12,13)14)43-57(15,16)58(17,18)59(19,42-55(9,10)11)46(5)27-24-23-26-45(4)48(7)65/h21,48,50-53,61,65H,1-2,4-6,8,22-43H2,3,7,9-20H3. The molecule has 0 bridgehead atoms. The van der Waals surface area contributed by atoms with Gasteiger partial charge in [0.15, 0.2) is 0 Å². The van der Waals surface area contributed by atoms with Crippen molar-refractivity contribution < 1.29 is 9.53 Å². The lowest BCUT2D eigenvalue weighted by Gasteiger charge is -2.59. The van der Waals surface area contributed by atoms with Gasteiger partial charge >= 0.3 is 0 Å². The molecule has 0 heterocycles. The molecule has 0 aromatic carbocycles. The summed E-state index contributed by atoms with van der Waals surface area (Å²) in [5.41, 5.74) is 4.45. The van der Waals surface area contributed by atoms with Gasteiger partial charge in [0.05, 0.1) is 12.4 Å². The molecule has 374 valence electrons. The van der Waals surface area contributed by atoms with Gasteiger partial charge in [0.1, 0.15) is 0 Å². The van der Waals surface area contributed by atoms with Crippen molar-refractivity contribution in [3.05, 3.63) is 73.7 Å². The highest BCUT2D eigenvalue weighted by atomic mass is 32.1. The summed E-state index contributed by atoms with van der Waals surface area (Å²) in [6, 6.07) is 0.885. The van der Waals surface area contributed by atoms with Crippen molar-refractivity contribution in [2.24, 2.45) is 44.3 Å². The summed E-state index contributed by atoms with van der Waals surface area (Å²) >= 11 is 4.61. The van der Waals surface area contributed by atoms with Gasteiger partial charge in [-0.3, -0.25) is 4.79 Å². The third kappa shape index (κ3) is 17.7. The van der Waals surface area contributed by atoms with Crippen LogP contribution in [-0.4, -0.2) is 41.3 Å². The van der Waals surface area contributed by atoms with Gasteiger partial charge in [-0.15, -0.1) is 13.2 Å². The van der Waals surface area contributed by atoms with Gasteiger partial charge in [-0.1, -0.05) is 132 Å². The maximum Gasteiger partial charge on any atom is 0.223 e. The van der Waals surface area contributed by atoms with E-state index in [-0.39, 0.29) is 43.6 Å². The van der Waals surface area contributed by atoms with Gasteiger partial charge in [-0.2, -0.15) is 12.6 Å². The number of nitrogens with one attached hydrogen (secondary N) is 1. The average Bonchev–Trinajstić information content (AvgIpc) is 3.20. The van der Waals surface area contributed by atoms with Crippen LogP contribution in [0.25, 0.3) is 0 Å². The second-order valence-electron chi connectivity index (χ2n) is 25.4. The number of ether oxygens (including phenoxy) is 1. The predicted octanol–water partition coefficient (Wildman–Crippen LogP) is 17.6. The lowest BCUT2D eigenvalue weighted by Crippen LogP contribution is -2.52. The highest BCUT2D eigenvalue weighted by Gasteiger charge is 2.56. The Balaban J connectivity index is 2.11. The van der Waals surface area contributed by atoms with Crippen molar-refractivity contribution >= 4 is 18.5 Å². The molecule has 0 aliphatic heterocycles. The summed E-state index contributed by atoms with van der Waals surface area (Å²) in [5, 5.41) is 3.96. The molecule has 2 rings (SSSR count). The number of hydrogen-bond acceptors (Lipinski definition) is 4. The van der Waals surface area contributed by atoms with Crippen LogP contribution >= 0.6 is 12.6 Å². The third-order valence-electron chi connectivity index (χ3n) is 17.4. The Bertz CT molecular complexity index is 1570. The molecular formula is C60H106N2O2S. The zero-order chi connectivity index (χ0) is 49.6. The third-order valence-corrected chi connectivity index (χ3v) is 17.7. The Morgan fingerprint density at radius 2 is 1.29 bits per heavy atom. The minimum absolute atomic E-state index is 0.0933. The number of carbonyl (C=O) groups is 1. The number of unbranched alkanes of at least 4 members (excludes halogenated alkanes) is 1. The molecule has 4 nitrogen and oxygen atoms in total. The number of carbonyl (C=O) groups excluding carboxylic acids is 1. The minimum atomic E-state index is -0.297. The molecular weight excluding hydrogens is 813 g/mol. The van der Waals surface area contributed by atoms with Crippen LogP contribution in [0.15, 0.2) is 73.7 Å².